The molecule has 0 aromatic carbocycles. The van der Waals surface area contributed by atoms with Gasteiger partial charge in [0.25, 0.3) is 0 Å². The third-order valence-corrected chi connectivity index (χ3v) is 16.6. The van der Waals surface area contributed by atoms with Gasteiger partial charge in [0.05, 0.1) is 0 Å². The molecule has 0 saturated carbocycles. The second kappa shape index (κ2) is 41.4. The zero-order valence-electron chi connectivity index (χ0n) is 71.7. The van der Waals surface area contributed by atoms with Crippen molar-refractivity contribution in [1.29, 1.82) is 0 Å². The minimum Gasteiger partial charge on any atom is -0.460 e. The van der Waals surface area contributed by atoms with Gasteiger partial charge in [-0.05, 0) is 270 Å². The zero-order chi connectivity index (χ0) is 84.4. The van der Waals surface area contributed by atoms with Gasteiger partial charge in [0, 0.05) is 118 Å². The number of ether oxygens (including phenoxy) is 9. The van der Waals surface area contributed by atoms with Crippen molar-refractivity contribution < 1.29 is 105 Å². The molecule has 28 heteroatoms. The largest absolute Gasteiger partial charge is 0.460 e. The van der Waals surface area contributed by atoms with E-state index in [9.17, 15) is 43.2 Å². The molecule has 0 bridgehead atoms. The van der Waals surface area contributed by atoms with E-state index in [1.54, 1.807) is 187 Å². The van der Waals surface area contributed by atoms with E-state index in [4.69, 9.17) is 48.4 Å². The molecular formula is C81H142N6O22. The van der Waals surface area contributed by atoms with Gasteiger partial charge in [0.15, 0.2) is 0 Å². The lowest BCUT2D eigenvalue weighted by Crippen LogP contribution is -2.56. The number of likely N-dealkylation sites (tertiary alicyclic amines) is 1. The molecule has 5 amide bonds. The summed E-state index contributed by atoms with van der Waals surface area (Å²) in [7, 11) is 0. The van der Waals surface area contributed by atoms with Crippen molar-refractivity contribution in [2.24, 2.45) is 5.73 Å². The Balaban J connectivity index is 4.73. The van der Waals surface area contributed by atoms with Gasteiger partial charge in [0.1, 0.15) is 50.4 Å². The Bertz CT molecular complexity index is 2530. The smallest absolute Gasteiger partial charge is 0.317 e. The van der Waals surface area contributed by atoms with Crippen LogP contribution in [0.3, 0.4) is 0 Å². The number of nitrogens with one attached hydrogen (secondary N) is 4. The first kappa shape index (κ1) is 99.9. The number of esters is 9. The van der Waals surface area contributed by atoms with Crippen LogP contribution >= 0.6 is 0 Å². The molecule has 1 saturated heterocycles. The molecule has 0 aromatic rings. The Kier molecular flexibility index (Phi) is 37.9. The Morgan fingerprint density at radius 1 is 0.257 bits per heavy atom. The summed E-state index contributed by atoms with van der Waals surface area (Å²) < 4.78 is 51.5. The summed E-state index contributed by atoms with van der Waals surface area (Å²) in [5, 5.41) is 12.4. The third kappa shape index (κ3) is 48.3. The number of urea groups is 1. The lowest BCUT2D eigenvalue weighted by atomic mass is 9.80. The molecule has 1 heterocycles. The van der Waals surface area contributed by atoms with Crippen LogP contribution in [0.15, 0.2) is 0 Å². The maximum atomic E-state index is 15.5. The second-order valence-corrected chi connectivity index (χ2v) is 38.5. The number of amides is 5. The molecule has 1 rings (SSSR count). The standard InChI is InChI=1S/C81H142N6O22/c1-69(2,3)101-59(91)31-44-78(45-32-60(92)102-70(4,5)6,46-33-61(93)103-71(7,8)9)83-56(88)28-41-81(86-68(100)87-53-40-55(82)54-87,42-29-57(89)84-79(47-34-62(94)104-72(10,11)12,48-35-63(95)105-73(13,14)15)49-36-64(96)106-74(16,17)18)43-30-58(90)85-80(50-37-65(97)107-75(19,20)21,51-38-66(98)108-76(22,23)24)52-39-67(99)109-77(25,26)27/h55H,28-54,82H2,1-27H3,(H,83,88)(H,84,89)(H,85,90)(H,86,100)/t55-/m0/s1. The van der Waals surface area contributed by atoms with E-state index in [1.165, 1.54) is 4.90 Å². The van der Waals surface area contributed by atoms with Crippen molar-refractivity contribution >= 4 is 77.5 Å². The topological polar surface area (TPSA) is 382 Å². The molecule has 1 atom stereocenters. The minimum atomic E-state index is -1.78. The molecule has 109 heavy (non-hydrogen) atoms. The summed E-state index contributed by atoms with van der Waals surface area (Å²) in [4.78, 5) is 186. The van der Waals surface area contributed by atoms with E-state index in [0.29, 0.717) is 6.42 Å². The highest BCUT2D eigenvalue weighted by Gasteiger charge is 2.43. The third-order valence-electron chi connectivity index (χ3n) is 16.6. The van der Waals surface area contributed by atoms with Gasteiger partial charge < -0.3 is 74.5 Å². The van der Waals surface area contributed by atoms with Crippen LogP contribution in [0.4, 0.5) is 4.79 Å². The van der Waals surface area contributed by atoms with Crippen LogP contribution < -0.4 is 27.0 Å². The van der Waals surface area contributed by atoms with Crippen molar-refractivity contribution in [3.05, 3.63) is 0 Å². The molecule has 0 radical (unpaired) electrons. The van der Waals surface area contributed by atoms with Crippen molar-refractivity contribution in [2.45, 2.75) is 426 Å². The fourth-order valence-electron chi connectivity index (χ4n) is 12.3. The molecule has 1 aliphatic rings. The van der Waals surface area contributed by atoms with E-state index in [1.807, 2.05) is 0 Å². The van der Waals surface area contributed by atoms with Crippen LogP contribution in [0.2, 0.25) is 0 Å². The van der Waals surface area contributed by atoms with Crippen molar-refractivity contribution in [3.8, 4) is 0 Å². The Hall–Kier alpha value is -7.13. The first-order valence-electron chi connectivity index (χ1n) is 38.8. The average molecular weight is 1550 g/mol. The molecule has 28 nitrogen and oxygen atoms in total. The molecule has 628 valence electrons. The van der Waals surface area contributed by atoms with Gasteiger partial charge in [0.2, 0.25) is 17.7 Å². The van der Waals surface area contributed by atoms with Crippen LogP contribution in [0, 0.1) is 0 Å². The summed E-state index contributed by atoms with van der Waals surface area (Å²) in [5.74, 6) is -7.97. The van der Waals surface area contributed by atoms with Crippen molar-refractivity contribution in [2.75, 3.05) is 13.1 Å². The zero-order valence-corrected chi connectivity index (χ0v) is 71.7. The lowest BCUT2D eigenvalue weighted by molar-refractivity contribution is -0.158. The number of nitrogens with zero attached hydrogens (tertiary/aromatic N) is 1. The van der Waals surface area contributed by atoms with Gasteiger partial charge >= 0.3 is 59.8 Å². The highest BCUT2D eigenvalue weighted by atomic mass is 16.6. The first-order valence-corrected chi connectivity index (χ1v) is 38.8. The summed E-state index contributed by atoms with van der Waals surface area (Å²) in [6.45, 7) is 45.8. The van der Waals surface area contributed by atoms with Gasteiger partial charge in [-0.15, -0.1) is 0 Å². The number of carbonyl (C=O) groups excluding carboxylic acids is 13. The van der Waals surface area contributed by atoms with Gasteiger partial charge in [-0.3, -0.25) is 57.5 Å². The predicted molar refractivity (Wildman–Crippen MR) is 411 cm³/mol. The van der Waals surface area contributed by atoms with Crippen molar-refractivity contribution in [3.63, 3.8) is 0 Å². The Morgan fingerprint density at radius 2 is 0.404 bits per heavy atom. The minimum absolute atomic E-state index is 0.0871. The Morgan fingerprint density at radius 3 is 0.541 bits per heavy atom. The predicted octanol–water partition coefficient (Wildman–Crippen LogP) is 12.5. The number of nitrogens with two attached hydrogens (primary N) is 1. The fourth-order valence-corrected chi connectivity index (χ4v) is 12.3. The maximum absolute atomic E-state index is 15.5. The molecule has 6 N–H and O–H groups in total. The molecule has 0 spiro atoms. The Labute approximate surface area is 650 Å². The molecular weight excluding hydrogens is 1410 g/mol. The fraction of sp³-hybridized carbons (Fsp3) is 0.840. The lowest BCUT2D eigenvalue weighted by Gasteiger charge is -2.40. The number of rotatable bonds is 40. The van der Waals surface area contributed by atoms with Crippen LogP contribution in [0.1, 0.15) is 347 Å². The number of hydrogen-bond donors (Lipinski definition) is 5. The van der Waals surface area contributed by atoms with Gasteiger partial charge in [-0.25, -0.2) is 4.79 Å². The summed E-state index contributed by atoms with van der Waals surface area (Å²) in [6.07, 6.45) is -6.32. The van der Waals surface area contributed by atoms with E-state index in [0.717, 1.165) is 0 Å². The molecule has 0 unspecified atom stereocenters. The highest BCUT2D eigenvalue weighted by Crippen LogP contribution is 2.36. The van der Waals surface area contributed by atoms with E-state index < -0.39 is 175 Å². The maximum Gasteiger partial charge on any atom is 0.317 e. The summed E-state index contributed by atoms with van der Waals surface area (Å²) in [6, 6.07) is -1.12. The summed E-state index contributed by atoms with van der Waals surface area (Å²) in [5.41, 5.74) is -8.34. The van der Waals surface area contributed by atoms with E-state index in [-0.39, 0.29) is 148 Å². The number of carbonyl (C=O) groups is 13. The van der Waals surface area contributed by atoms with E-state index in [2.05, 4.69) is 21.3 Å². The summed E-state index contributed by atoms with van der Waals surface area (Å²) >= 11 is 0. The van der Waals surface area contributed by atoms with Crippen molar-refractivity contribution in [1.82, 2.24) is 26.2 Å². The number of hydrogen-bond acceptors (Lipinski definition) is 23. The van der Waals surface area contributed by atoms with Crippen LogP contribution in [0.25, 0.3) is 0 Å². The first-order chi connectivity index (χ1) is 49.1. The second-order valence-electron chi connectivity index (χ2n) is 38.5. The molecule has 0 aromatic heterocycles. The normalized spacial score (nSPS) is 14.5. The monoisotopic (exact) mass is 1550 g/mol. The average Bonchev–Trinajstić information content (AvgIpc) is 1.60. The van der Waals surface area contributed by atoms with Gasteiger partial charge in [-0.1, -0.05) is 0 Å². The van der Waals surface area contributed by atoms with Crippen LogP contribution in [-0.2, 0) is 100 Å². The quantitative estimate of drug-likeness (QED) is 0.0281. The SMILES string of the molecule is CC(C)(C)OC(=O)CCC(CCC(=O)OC(C)(C)C)(CCC(=O)OC(C)(C)C)NC(=O)CCC(CCC(=O)NC(CCC(=O)OC(C)(C)C)(CCC(=O)OC(C)(C)C)CCC(=O)OC(C)(C)C)(CCC(=O)NC(CCC(=O)OC(C)(C)C)(CCC(=O)OC(C)(C)C)CCC(=O)OC(C)(C)C)NC(=O)N1CC[C@H](N)C1. The van der Waals surface area contributed by atoms with Crippen LogP contribution in [-0.4, -0.2) is 174 Å². The van der Waals surface area contributed by atoms with Gasteiger partial charge in [-0.2, -0.15) is 0 Å². The molecule has 0 aliphatic carbocycles. The molecule has 1 aliphatic heterocycles. The highest BCUT2D eigenvalue weighted by molar-refractivity contribution is 5.82. The molecule has 1 fully saturated rings. The van der Waals surface area contributed by atoms with Crippen LogP contribution in [0.5, 0.6) is 0 Å². The van der Waals surface area contributed by atoms with E-state index >= 15 is 19.2 Å².